The number of thioether (sulfide) groups is 1. The first-order valence-electron chi connectivity index (χ1n) is 12.0. The highest BCUT2D eigenvalue weighted by Gasteiger charge is 2.32. The molecule has 1 aliphatic heterocycles. The fraction of sp³-hybridized carbons (Fsp3) is 0.0625. The highest BCUT2D eigenvalue weighted by atomic mass is 35.5. The van der Waals surface area contributed by atoms with Crippen molar-refractivity contribution in [3.05, 3.63) is 119 Å². The fourth-order valence-electron chi connectivity index (χ4n) is 6.02. The summed E-state index contributed by atoms with van der Waals surface area (Å²) in [5.41, 5.74) is 5.19. The summed E-state index contributed by atoms with van der Waals surface area (Å²) in [5.74, 6) is 0.402. The van der Waals surface area contributed by atoms with Crippen LogP contribution < -0.4 is 0 Å². The zero-order valence-electron chi connectivity index (χ0n) is 18.8. The summed E-state index contributed by atoms with van der Waals surface area (Å²) < 4.78 is 2.52. The molecular formula is C32H20ClNS. The van der Waals surface area contributed by atoms with E-state index < -0.39 is 0 Å². The Morgan fingerprint density at radius 2 is 1.34 bits per heavy atom. The summed E-state index contributed by atoms with van der Waals surface area (Å²) in [6.07, 6.45) is 5.81. The van der Waals surface area contributed by atoms with Crippen LogP contribution in [0, 0.1) is 0 Å². The van der Waals surface area contributed by atoms with Gasteiger partial charge in [-0.15, -0.1) is 0 Å². The van der Waals surface area contributed by atoms with Crippen LogP contribution in [0.15, 0.2) is 113 Å². The van der Waals surface area contributed by atoms with Gasteiger partial charge in [-0.2, -0.15) is 0 Å². The van der Waals surface area contributed by atoms with E-state index in [4.69, 9.17) is 11.6 Å². The van der Waals surface area contributed by atoms with Gasteiger partial charge in [-0.3, -0.25) is 0 Å². The van der Waals surface area contributed by atoms with Crippen LogP contribution in [0.3, 0.4) is 0 Å². The van der Waals surface area contributed by atoms with Gasteiger partial charge in [0.15, 0.2) is 0 Å². The van der Waals surface area contributed by atoms with Gasteiger partial charge in [-0.05, 0) is 39.8 Å². The molecule has 0 N–H and O–H groups in total. The number of rotatable bonds is 1. The first kappa shape index (κ1) is 19.8. The Bertz CT molecular complexity index is 1830. The van der Waals surface area contributed by atoms with Gasteiger partial charge in [0.1, 0.15) is 0 Å². The minimum Gasteiger partial charge on any atom is -0.308 e. The standard InChI is InChI=1S/C32H20ClNS/c33-28-11-5-10-27-24-17-14-21(18-29(24)35-32(27)28)34-30-22-8-3-1-6-19(22)12-15-25(30)26-16-13-20-7-2-4-9-23(20)31(26)34/h1-16,18,24H,17H2. The lowest BCUT2D eigenvalue weighted by atomic mass is 9.91. The van der Waals surface area contributed by atoms with Crippen LogP contribution in [0.1, 0.15) is 17.9 Å². The Kier molecular flexibility index (Phi) is 4.11. The van der Waals surface area contributed by atoms with E-state index in [1.54, 1.807) is 0 Å². The second-order valence-electron chi connectivity index (χ2n) is 9.43. The van der Waals surface area contributed by atoms with E-state index in [2.05, 4.69) is 102 Å². The third-order valence-corrected chi connectivity index (χ3v) is 9.31. The van der Waals surface area contributed by atoms with Crippen LogP contribution >= 0.6 is 23.4 Å². The normalized spacial score (nSPS) is 17.1. The Labute approximate surface area is 212 Å². The van der Waals surface area contributed by atoms with Crippen molar-refractivity contribution in [2.24, 2.45) is 0 Å². The molecule has 0 saturated heterocycles. The summed E-state index contributed by atoms with van der Waals surface area (Å²) in [4.78, 5) is 2.61. The Balaban J connectivity index is 1.47. The number of aromatic nitrogens is 1. The van der Waals surface area contributed by atoms with Gasteiger partial charge in [-0.1, -0.05) is 114 Å². The molecule has 1 atom stereocenters. The molecule has 5 aromatic carbocycles. The van der Waals surface area contributed by atoms with Gasteiger partial charge in [0.25, 0.3) is 0 Å². The van der Waals surface area contributed by atoms with Gasteiger partial charge >= 0.3 is 0 Å². The van der Waals surface area contributed by atoms with Crippen LogP contribution in [0.25, 0.3) is 49.0 Å². The average molecular weight is 486 g/mol. The first-order valence-corrected chi connectivity index (χ1v) is 13.2. The average Bonchev–Trinajstić information content (AvgIpc) is 3.45. The van der Waals surface area contributed by atoms with Crippen molar-refractivity contribution in [1.82, 2.24) is 4.57 Å². The molecule has 8 rings (SSSR count). The highest BCUT2D eigenvalue weighted by Crippen LogP contribution is 2.55. The van der Waals surface area contributed by atoms with Crippen molar-refractivity contribution >= 4 is 72.4 Å². The van der Waals surface area contributed by atoms with Crippen LogP contribution in [0.5, 0.6) is 0 Å². The Hall–Kier alpha value is -3.46. The molecule has 0 spiro atoms. The second kappa shape index (κ2) is 7.27. The van der Waals surface area contributed by atoms with Crippen LogP contribution in [-0.2, 0) is 0 Å². The highest BCUT2D eigenvalue weighted by molar-refractivity contribution is 8.03. The lowest BCUT2D eigenvalue weighted by Gasteiger charge is -2.20. The fourth-order valence-corrected chi connectivity index (χ4v) is 7.59. The van der Waals surface area contributed by atoms with Crippen molar-refractivity contribution in [3.8, 4) is 0 Å². The molecule has 0 fully saturated rings. The molecule has 1 nitrogen and oxygen atoms in total. The van der Waals surface area contributed by atoms with Gasteiger partial charge in [0, 0.05) is 38.1 Å². The number of hydrogen-bond donors (Lipinski definition) is 0. The maximum atomic E-state index is 6.59. The molecule has 0 saturated carbocycles. The number of nitrogens with zero attached hydrogens (tertiary/aromatic N) is 1. The molecule has 6 aromatic rings. The number of hydrogen-bond acceptors (Lipinski definition) is 1. The molecule has 166 valence electrons. The first-order chi connectivity index (χ1) is 17.3. The summed E-state index contributed by atoms with van der Waals surface area (Å²) in [5, 5.41) is 8.58. The van der Waals surface area contributed by atoms with E-state index in [9.17, 15) is 0 Å². The second-order valence-corrected chi connectivity index (χ2v) is 10.9. The quantitative estimate of drug-likeness (QED) is 0.224. The van der Waals surface area contributed by atoms with E-state index in [-0.39, 0.29) is 0 Å². The van der Waals surface area contributed by atoms with Crippen LogP contribution in [-0.4, -0.2) is 4.57 Å². The zero-order valence-corrected chi connectivity index (χ0v) is 20.4. The van der Waals surface area contributed by atoms with E-state index in [1.165, 1.54) is 64.4 Å². The molecule has 1 aliphatic carbocycles. The number of benzene rings is 5. The minimum absolute atomic E-state index is 0.402. The number of halogens is 1. The van der Waals surface area contributed by atoms with Gasteiger partial charge < -0.3 is 4.57 Å². The Morgan fingerprint density at radius 1 is 0.686 bits per heavy atom. The van der Waals surface area contributed by atoms with Crippen LogP contribution in [0.4, 0.5) is 0 Å². The van der Waals surface area contributed by atoms with Gasteiger partial charge in [0.05, 0.1) is 16.1 Å². The maximum absolute atomic E-state index is 6.59. The van der Waals surface area contributed by atoms with Crippen molar-refractivity contribution in [2.75, 3.05) is 0 Å². The number of allylic oxidation sites excluding steroid dienone is 4. The SMILES string of the molecule is Clc1cccc2c1SC1=CC(n3c4c5ccccc5ccc4c4ccc5ccccc5c43)=CCC12. The Morgan fingerprint density at radius 3 is 2.03 bits per heavy atom. The monoisotopic (exact) mass is 485 g/mol. The molecular weight excluding hydrogens is 466 g/mol. The van der Waals surface area contributed by atoms with Crippen molar-refractivity contribution < 1.29 is 0 Å². The minimum atomic E-state index is 0.402. The molecule has 3 heteroatoms. The third-order valence-electron chi connectivity index (χ3n) is 7.59. The molecule has 0 radical (unpaired) electrons. The summed E-state index contributed by atoms with van der Waals surface area (Å²) >= 11 is 8.43. The third kappa shape index (κ3) is 2.73. The predicted molar refractivity (Wildman–Crippen MR) is 151 cm³/mol. The van der Waals surface area contributed by atoms with Crippen molar-refractivity contribution in [1.29, 1.82) is 0 Å². The maximum Gasteiger partial charge on any atom is 0.0619 e. The van der Waals surface area contributed by atoms with E-state index in [0.29, 0.717) is 5.92 Å². The van der Waals surface area contributed by atoms with E-state index in [1.807, 2.05) is 17.8 Å². The molecule has 1 unspecified atom stereocenters. The summed E-state index contributed by atoms with van der Waals surface area (Å²) in [6.45, 7) is 0. The molecule has 2 aliphatic rings. The van der Waals surface area contributed by atoms with Crippen LogP contribution in [0.2, 0.25) is 5.02 Å². The zero-order chi connectivity index (χ0) is 23.1. The summed E-state index contributed by atoms with van der Waals surface area (Å²) in [6, 6.07) is 32.9. The summed E-state index contributed by atoms with van der Waals surface area (Å²) in [7, 11) is 0. The van der Waals surface area contributed by atoms with Crippen molar-refractivity contribution in [2.45, 2.75) is 17.2 Å². The smallest absolute Gasteiger partial charge is 0.0619 e. The molecule has 0 bridgehead atoms. The van der Waals surface area contributed by atoms with Gasteiger partial charge in [0.2, 0.25) is 0 Å². The number of fused-ring (bicyclic) bond motifs is 10. The molecule has 2 heterocycles. The lowest BCUT2D eigenvalue weighted by Crippen LogP contribution is -2.04. The van der Waals surface area contributed by atoms with Crippen molar-refractivity contribution in [3.63, 3.8) is 0 Å². The molecule has 1 aromatic heterocycles. The predicted octanol–water partition coefficient (Wildman–Crippen LogP) is 9.77. The van der Waals surface area contributed by atoms with E-state index >= 15 is 0 Å². The van der Waals surface area contributed by atoms with E-state index in [0.717, 1.165) is 11.4 Å². The topological polar surface area (TPSA) is 4.93 Å². The molecule has 35 heavy (non-hydrogen) atoms. The molecule has 0 amide bonds. The van der Waals surface area contributed by atoms with Gasteiger partial charge in [-0.25, -0.2) is 0 Å². The lowest BCUT2D eigenvalue weighted by molar-refractivity contribution is 0.834. The largest absolute Gasteiger partial charge is 0.308 e.